The molecule has 1 fully saturated rings. The Bertz CT molecular complexity index is 918. The number of hydrogen-bond donors (Lipinski definition) is 2. The van der Waals surface area contributed by atoms with Crippen molar-refractivity contribution < 1.29 is 4.79 Å². The Morgan fingerprint density at radius 3 is 3.04 bits per heavy atom. The largest absolute Gasteiger partial charge is 0.354 e. The summed E-state index contributed by atoms with van der Waals surface area (Å²) in [5.74, 6) is 0.119. The maximum absolute atomic E-state index is 11.5. The molecule has 5 heteroatoms. The molecule has 4 nitrogen and oxygen atoms in total. The van der Waals surface area contributed by atoms with E-state index in [0.717, 1.165) is 48.2 Å². The van der Waals surface area contributed by atoms with Gasteiger partial charge in [0.05, 0.1) is 12.1 Å². The van der Waals surface area contributed by atoms with E-state index in [-0.39, 0.29) is 5.91 Å². The predicted octanol–water partition coefficient (Wildman–Crippen LogP) is 3.26. The average Bonchev–Trinajstić information content (AvgIpc) is 3.03. The number of aromatic amines is 1. The third kappa shape index (κ3) is 3.70. The Labute approximate surface area is 151 Å². The van der Waals surface area contributed by atoms with Crippen LogP contribution in [0, 0.1) is 6.07 Å². The number of rotatable bonds is 4. The molecule has 2 N–H and O–H groups in total. The third-order valence-electron chi connectivity index (χ3n) is 4.57. The highest BCUT2D eigenvalue weighted by Gasteiger charge is 2.15. The molecule has 3 aromatic rings. The molecule has 0 saturated carbocycles. The van der Waals surface area contributed by atoms with Gasteiger partial charge in [-0.05, 0) is 41.8 Å². The first kappa shape index (κ1) is 16.2. The molecule has 1 aliphatic rings. The number of hydrogen-bond acceptors (Lipinski definition) is 2. The number of aromatic nitrogens is 1. The highest BCUT2D eigenvalue weighted by atomic mass is 35.5. The van der Waals surface area contributed by atoms with Crippen molar-refractivity contribution in [2.24, 2.45) is 0 Å². The lowest BCUT2D eigenvalue weighted by Gasteiger charge is -2.26. The second-order valence-corrected chi connectivity index (χ2v) is 6.84. The zero-order valence-electron chi connectivity index (χ0n) is 13.8. The van der Waals surface area contributed by atoms with E-state index in [4.69, 9.17) is 11.6 Å². The number of H-pyrrole nitrogens is 1. The van der Waals surface area contributed by atoms with Crippen LogP contribution in [0.4, 0.5) is 0 Å². The summed E-state index contributed by atoms with van der Waals surface area (Å²) in [7, 11) is 0. The summed E-state index contributed by atoms with van der Waals surface area (Å²) in [5.41, 5.74) is 4.44. The molecule has 25 heavy (non-hydrogen) atoms. The zero-order valence-corrected chi connectivity index (χ0v) is 14.6. The van der Waals surface area contributed by atoms with Gasteiger partial charge in [-0.25, -0.2) is 0 Å². The summed E-state index contributed by atoms with van der Waals surface area (Å²) in [6, 6.07) is 17.5. The third-order valence-corrected chi connectivity index (χ3v) is 4.79. The highest BCUT2D eigenvalue weighted by Crippen LogP contribution is 2.26. The van der Waals surface area contributed by atoms with Crippen molar-refractivity contribution in [2.45, 2.75) is 6.42 Å². The van der Waals surface area contributed by atoms with Crippen molar-refractivity contribution >= 4 is 28.4 Å². The number of amides is 1. The van der Waals surface area contributed by atoms with Gasteiger partial charge in [0.2, 0.25) is 5.91 Å². The summed E-state index contributed by atoms with van der Waals surface area (Å²) >= 11 is 6.05. The fourth-order valence-electron chi connectivity index (χ4n) is 3.25. The standard InChI is InChI=1S/C20H19ClN3O/c21-17-4-5-18-16(11-17)12-19(23-18)15-3-1-2-14(10-15)6-8-24-9-7-22-20(25)13-24/h1-4,10-12,23H,6-9,13H2,(H,22,25). The van der Waals surface area contributed by atoms with E-state index in [9.17, 15) is 4.79 Å². The second kappa shape index (κ2) is 6.90. The Hall–Kier alpha value is -2.30. The first-order valence-electron chi connectivity index (χ1n) is 8.46. The number of nitrogens with zero attached hydrogens (tertiary/aromatic N) is 1. The molecule has 0 bridgehead atoms. The molecule has 2 aromatic carbocycles. The summed E-state index contributed by atoms with van der Waals surface area (Å²) < 4.78 is 0. The number of carbonyl (C=O) groups is 1. The molecule has 0 atom stereocenters. The van der Waals surface area contributed by atoms with Crippen molar-refractivity contribution in [1.29, 1.82) is 0 Å². The first-order chi connectivity index (χ1) is 12.2. The van der Waals surface area contributed by atoms with Crippen LogP contribution in [0.25, 0.3) is 22.2 Å². The Morgan fingerprint density at radius 2 is 2.16 bits per heavy atom. The van der Waals surface area contributed by atoms with Crippen LogP contribution in [-0.2, 0) is 11.2 Å². The second-order valence-electron chi connectivity index (χ2n) is 6.41. The molecule has 1 saturated heterocycles. The molecule has 1 radical (unpaired) electrons. The minimum atomic E-state index is 0.119. The van der Waals surface area contributed by atoms with Crippen LogP contribution in [0.3, 0.4) is 0 Å². The monoisotopic (exact) mass is 352 g/mol. The van der Waals surface area contributed by atoms with E-state index < -0.39 is 0 Å². The number of piperazine rings is 1. The highest BCUT2D eigenvalue weighted by molar-refractivity contribution is 6.31. The maximum atomic E-state index is 11.5. The number of benzene rings is 2. The smallest absolute Gasteiger partial charge is 0.234 e. The molecule has 0 spiro atoms. The van der Waals surface area contributed by atoms with Crippen molar-refractivity contribution in [3.05, 3.63) is 59.1 Å². The van der Waals surface area contributed by atoms with Crippen molar-refractivity contribution in [1.82, 2.24) is 15.2 Å². The summed E-state index contributed by atoms with van der Waals surface area (Å²) in [4.78, 5) is 17.1. The Morgan fingerprint density at radius 1 is 1.24 bits per heavy atom. The summed E-state index contributed by atoms with van der Waals surface area (Å²) in [6.45, 7) is 3.06. The molecule has 0 unspecified atom stereocenters. The molecule has 4 rings (SSSR count). The Balaban J connectivity index is 1.51. The van der Waals surface area contributed by atoms with Crippen LogP contribution < -0.4 is 5.32 Å². The lowest BCUT2D eigenvalue weighted by molar-refractivity contribution is -0.124. The van der Waals surface area contributed by atoms with Crippen LogP contribution in [0.2, 0.25) is 5.02 Å². The van der Waals surface area contributed by atoms with Gasteiger partial charge in [0.25, 0.3) is 0 Å². The van der Waals surface area contributed by atoms with E-state index in [2.05, 4.69) is 51.6 Å². The van der Waals surface area contributed by atoms with Gasteiger partial charge in [-0.2, -0.15) is 0 Å². The predicted molar refractivity (Wildman–Crippen MR) is 101 cm³/mol. The molecule has 127 valence electrons. The minimum Gasteiger partial charge on any atom is -0.354 e. The van der Waals surface area contributed by atoms with Crippen LogP contribution in [0.5, 0.6) is 0 Å². The van der Waals surface area contributed by atoms with Crippen molar-refractivity contribution in [2.75, 3.05) is 26.2 Å². The average molecular weight is 353 g/mol. The van der Waals surface area contributed by atoms with Crippen LogP contribution in [0.1, 0.15) is 5.56 Å². The van der Waals surface area contributed by atoms with Crippen LogP contribution in [0.15, 0.2) is 42.5 Å². The zero-order chi connectivity index (χ0) is 17.2. The molecule has 0 aliphatic carbocycles. The number of nitrogens with one attached hydrogen (secondary N) is 2. The van der Waals surface area contributed by atoms with E-state index in [1.807, 2.05) is 6.07 Å². The fourth-order valence-corrected chi connectivity index (χ4v) is 3.43. The molecular weight excluding hydrogens is 334 g/mol. The SMILES string of the molecule is O=C1CN(CCc2cccc(-c3cc4cc(Cl)c[c]c4[nH]3)c2)CCN1. The molecule has 1 aromatic heterocycles. The summed E-state index contributed by atoms with van der Waals surface area (Å²) in [6.07, 6.45) is 0.930. The number of halogens is 1. The van der Waals surface area contributed by atoms with E-state index in [0.29, 0.717) is 11.6 Å². The van der Waals surface area contributed by atoms with Gasteiger partial charge >= 0.3 is 0 Å². The van der Waals surface area contributed by atoms with Gasteiger partial charge in [-0.15, -0.1) is 0 Å². The molecule has 1 amide bonds. The maximum Gasteiger partial charge on any atom is 0.234 e. The fraction of sp³-hybridized carbons (Fsp3) is 0.250. The van der Waals surface area contributed by atoms with Gasteiger partial charge in [0, 0.05) is 41.8 Å². The number of carbonyl (C=O) groups excluding carboxylic acids is 1. The molecular formula is C20H19ClN3O. The van der Waals surface area contributed by atoms with Gasteiger partial charge in [0.15, 0.2) is 0 Å². The minimum absolute atomic E-state index is 0.119. The van der Waals surface area contributed by atoms with Gasteiger partial charge in [-0.3, -0.25) is 9.69 Å². The van der Waals surface area contributed by atoms with Crippen LogP contribution in [-0.4, -0.2) is 42.0 Å². The normalized spacial score (nSPS) is 15.5. The summed E-state index contributed by atoms with van der Waals surface area (Å²) in [5, 5.41) is 4.61. The van der Waals surface area contributed by atoms with Gasteiger partial charge in [0.1, 0.15) is 0 Å². The van der Waals surface area contributed by atoms with Gasteiger partial charge in [-0.1, -0.05) is 29.8 Å². The lowest BCUT2D eigenvalue weighted by Crippen LogP contribution is -2.48. The van der Waals surface area contributed by atoms with E-state index in [1.165, 1.54) is 5.56 Å². The Kier molecular flexibility index (Phi) is 4.47. The van der Waals surface area contributed by atoms with E-state index >= 15 is 0 Å². The van der Waals surface area contributed by atoms with Crippen molar-refractivity contribution in [3.63, 3.8) is 0 Å². The topological polar surface area (TPSA) is 48.1 Å². The van der Waals surface area contributed by atoms with Crippen LogP contribution >= 0.6 is 11.6 Å². The quantitative estimate of drug-likeness (QED) is 0.757. The molecule has 1 aliphatic heterocycles. The molecule has 2 heterocycles. The van der Waals surface area contributed by atoms with Crippen molar-refractivity contribution in [3.8, 4) is 11.3 Å². The first-order valence-corrected chi connectivity index (χ1v) is 8.83. The number of fused-ring (bicyclic) bond motifs is 1. The van der Waals surface area contributed by atoms with Gasteiger partial charge < -0.3 is 10.3 Å². The van der Waals surface area contributed by atoms with E-state index in [1.54, 1.807) is 6.07 Å². The lowest BCUT2D eigenvalue weighted by atomic mass is 10.1.